The quantitative estimate of drug-likeness (QED) is 0.403. The fourth-order valence-electron chi connectivity index (χ4n) is 1.61. The van der Waals surface area contributed by atoms with Crippen LogP contribution in [0.3, 0.4) is 0 Å². The molecule has 1 aromatic carbocycles. The Morgan fingerprint density at radius 2 is 1.86 bits per heavy atom. The number of hydrogen-bond donors (Lipinski definition) is 3. The van der Waals surface area contributed by atoms with Crippen molar-refractivity contribution >= 4 is 29.2 Å². The third-order valence-corrected chi connectivity index (χ3v) is 2.98. The number of carbonyl (C=O) groups is 2. The van der Waals surface area contributed by atoms with E-state index in [0.29, 0.717) is 22.3 Å². The van der Waals surface area contributed by atoms with Gasteiger partial charge in [0, 0.05) is 17.3 Å². The number of amides is 3. The van der Waals surface area contributed by atoms with E-state index in [1.54, 1.807) is 24.3 Å². The van der Waals surface area contributed by atoms with Crippen LogP contribution in [0.1, 0.15) is 6.42 Å². The Morgan fingerprint density at radius 1 is 1.23 bits per heavy atom. The summed E-state index contributed by atoms with van der Waals surface area (Å²) in [7, 11) is 3.89. The Labute approximate surface area is 134 Å². The Kier molecular flexibility index (Phi) is 7.65. The Balaban J connectivity index is 2.31. The molecule has 8 heteroatoms. The standard InChI is InChI=1S/C14H21ClN4O3/c1-18(2)9-3-8-16-13(20)10-19(22)14(21)17-12-6-4-11(15)5-7-12/h4-7,22H,3,8-10H2,1-2H3,(H,16,20)(H,17,21). The number of nitrogens with zero attached hydrogens (tertiary/aromatic N) is 2. The van der Waals surface area contributed by atoms with Gasteiger partial charge in [0.1, 0.15) is 6.54 Å². The van der Waals surface area contributed by atoms with Crippen molar-refractivity contribution in [3.8, 4) is 0 Å². The van der Waals surface area contributed by atoms with Crippen LogP contribution in [0.15, 0.2) is 24.3 Å². The molecule has 0 aliphatic heterocycles. The highest BCUT2D eigenvalue weighted by atomic mass is 35.5. The van der Waals surface area contributed by atoms with E-state index in [2.05, 4.69) is 10.6 Å². The highest BCUT2D eigenvalue weighted by Gasteiger charge is 2.14. The van der Waals surface area contributed by atoms with Gasteiger partial charge in [0.15, 0.2) is 0 Å². The molecule has 0 radical (unpaired) electrons. The predicted molar refractivity (Wildman–Crippen MR) is 85.1 cm³/mol. The van der Waals surface area contributed by atoms with Crippen molar-refractivity contribution in [3.05, 3.63) is 29.3 Å². The molecule has 1 rings (SSSR count). The minimum absolute atomic E-state index is 0.329. The number of anilines is 1. The van der Waals surface area contributed by atoms with Crippen molar-refractivity contribution in [1.29, 1.82) is 0 Å². The topological polar surface area (TPSA) is 84.9 Å². The number of halogens is 1. The summed E-state index contributed by atoms with van der Waals surface area (Å²) in [6, 6.07) is 5.61. The van der Waals surface area contributed by atoms with Crippen LogP contribution in [0.25, 0.3) is 0 Å². The Hall–Kier alpha value is -1.83. The summed E-state index contributed by atoms with van der Waals surface area (Å²) in [6.07, 6.45) is 0.793. The fraction of sp³-hybridized carbons (Fsp3) is 0.429. The van der Waals surface area contributed by atoms with Crippen LogP contribution in [0, 0.1) is 0 Å². The molecule has 0 bridgehead atoms. The van der Waals surface area contributed by atoms with E-state index in [-0.39, 0.29) is 0 Å². The van der Waals surface area contributed by atoms with E-state index >= 15 is 0 Å². The van der Waals surface area contributed by atoms with Crippen molar-refractivity contribution in [2.24, 2.45) is 0 Å². The summed E-state index contributed by atoms with van der Waals surface area (Å²) < 4.78 is 0. The van der Waals surface area contributed by atoms with Crippen LogP contribution in [-0.4, -0.2) is 60.8 Å². The fourth-order valence-corrected chi connectivity index (χ4v) is 1.73. The van der Waals surface area contributed by atoms with Gasteiger partial charge in [0.2, 0.25) is 5.91 Å². The largest absolute Gasteiger partial charge is 0.354 e. The van der Waals surface area contributed by atoms with E-state index in [0.717, 1.165) is 13.0 Å². The first-order chi connectivity index (χ1) is 10.4. The highest BCUT2D eigenvalue weighted by molar-refractivity contribution is 6.30. The first-order valence-corrected chi connectivity index (χ1v) is 7.20. The smallest absolute Gasteiger partial charge is 0.346 e. The molecule has 0 aromatic heterocycles. The van der Waals surface area contributed by atoms with Crippen molar-refractivity contribution in [2.75, 3.05) is 39.0 Å². The summed E-state index contributed by atoms with van der Waals surface area (Å²) in [5.74, 6) is -0.424. The van der Waals surface area contributed by atoms with E-state index < -0.39 is 18.5 Å². The first kappa shape index (κ1) is 18.2. The zero-order chi connectivity index (χ0) is 16.5. The molecule has 0 fully saturated rings. The maximum Gasteiger partial charge on any atom is 0.346 e. The van der Waals surface area contributed by atoms with Crippen LogP contribution in [0.2, 0.25) is 5.02 Å². The molecule has 0 aliphatic carbocycles. The SMILES string of the molecule is CN(C)CCCNC(=O)CN(O)C(=O)Nc1ccc(Cl)cc1. The molecule has 0 aliphatic rings. The van der Waals surface area contributed by atoms with E-state index in [4.69, 9.17) is 11.6 Å². The zero-order valence-electron chi connectivity index (χ0n) is 12.7. The van der Waals surface area contributed by atoms with Gasteiger partial charge in [-0.3, -0.25) is 10.0 Å². The van der Waals surface area contributed by atoms with Gasteiger partial charge in [-0.2, -0.15) is 5.06 Å². The van der Waals surface area contributed by atoms with Gasteiger partial charge in [0.05, 0.1) is 0 Å². The van der Waals surface area contributed by atoms with Crippen molar-refractivity contribution in [1.82, 2.24) is 15.3 Å². The van der Waals surface area contributed by atoms with Crippen molar-refractivity contribution in [2.45, 2.75) is 6.42 Å². The molecule has 1 aromatic rings. The molecule has 3 N–H and O–H groups in total. The number of carbonyl (C=O) groups excluding carboxylic acids is 2. The third kappa shape index (κ3) is 7.26. The average molecular weight is 329 g/mol. The monoisotopic (exact) mass is 328 g/mol. The van der Waals surface area contributed by atoms with Gasteiger partial charge in [-0.1, -0.05) is 11.6 Å². The molecular formula is C14H21ClN4O3. The lowest BCUT2D eigenvalue weighted by Gasteiger charge is -2.16. The molecule has 0 saturated carbocycles. The predicted octanol–water partition coefficient (Wildman–Crippen LogP) is 1.63. The van der Waals surface area contributed by atoms with Crippen molar-refractivity contribution in [3.63, 3.8) is 0 Å². The van der Waals surface area contributed by atoms with Gasteiger partial charge < -0.3 is 15.5 Å². The molecule has 0 saturated heterocycles. The molecule has 7 nitrogen and oxygen atoms in total. The summed E-state index contributed by atoms with van der Waals surface area (Å²) in [4.78, 5) is 25.3. The minimum atomic E-state index is -0.786. The Morgan fingerprint density at radius 3 is 2.45 bits per heavy atom. The minimum Gasteiger partial charge on any atom is -0.354 e. The highest BCUT2D eigenvalue weighted by Crippen LogP contribution is 2.13. The molecule has 122 valence electrons. The number of urea groups is 1. The maximum atomic E-state index is 11.7. The second-order valence-corrected chi connectivity index (χ2v) is 5.44. The second-order valence-electron chi connectivity index (χ2n) is 5.00. The summed E-state index contributed by atoms with van der Waals surface area (Å²) >= 11 is 5.73. The molecular weight excluding hydrogens is 308 g/mol. The van der Waals surface area contributed by atoms with Crippen molar-refractivity contribution < 1.29 is 14.8 Å². The maximum absolute atomic E-state index is 11.7. The van der Waals surface area contributed by atoms with Gasteiger partial charge in [0.25, 0.3) is 0 Å². The van der Waals surface area contributed by atoms with Crippen LogP contribution < -0.4 is 10.6 Å². The first-order valence-electron chi connectivity index (χ1n) is 6.83. The van der Waals surface area contributed by atoms with E-state index in [1.165, 1.54) is 0 Å². The van der Waals surface area contributed by atoms with Gasteiger partial charge >= 0.3 is 6.03 Å². The van der Waals surface area contributed by atoms with Gasteiger partial charge in [-0.05, 0) is 51.3 Å². The Bertz CT molecular complexity index is 493. The summed E-state index contributed by atoms with van der Waals surface area (Å²) in [5.41, 5.74) is 0.472. The summed E-state index contributed by atoms with van der Waals surface area (Å²) in [6.45, 7) is 0.908. The average Bonchev–Trinajstić information content (AvgIpc) is 2.45. The van der Waals surface area contributed by atoms with Crippen LogP contribution in [-0.2, 0) is 4.79 Å². The molecule has 0 atom stereocenters. The van der Waals surface area contributed by atoms with Crippen LogP contribution >= 0.6 is 11.6 Å². The lowest BCUT2D eigenvalue weighted by molar-refractivity contribution is -0.129. The molecule has 0 unspecified atom stereocenters. The zero-order valence-corrected chi connectivity index (χ0v) is 13.4. The molecule has 22 heavy (non-hydrogen) atoms. The number of nitrogens with one attached hydrogen (secondary N) is 2. The third-order valence-electron chi connectivity index (χ3n) is 2.73. The molecule has 0 spiro atoms. The van der Waals surface area contributed by atoms with Gasteiger partial charge in [-0.15, -0.1) is 0 Å². The lowest BCUT2D eigenvalue weighted by Crippen LogP contribution is -2.41. The van der Waals surface area contributed by atoms with E-state index in [1.807, 2.05) is 19.0 Å². The van der Waals surface area contributed by atoms with Crippen LogP contribution in [0.5, 0.6) is 0 Å². The lowest BCUT2D eigenvalue weighted by atomic mass is 10.3. The number of hydrogen-bond acceptors (Lipinski definition) is 4. The molecule has 3 amide bonds. The van der Waals surface area contributed by atoms with Gasteiger partial charge in [-0.25, -0.2) is 4.79 Å². The van der Waals surface area contributed by atoms with Crippen LogP contribution in [0.4, 0.5) is 10.5 Å². The number of hydroxylamine groups is 2. The normalized spacial score (nSPS) is 10.4. The van der Waals surface area contributed by atoms with E-state index in [9.17, 15) is 14.8 Å². The number of rotatable bonds is 7. The number of benzene rings is 1. The summed E-state index contributed by atoms with van der Waals surface area (Å²) in [5, 5.41) is 15.5. The second kappa shape index (κ2) is 9.24. The molecule has 0 heterocycles.